The number of hydrogen-bond donors (Lipinski definition) is 0. The van der Waals surface area contributed by atoms with E-state index in [0.717, 1.165) is 18.4 Å². The summed E-state index contributed by atoms with van der Waals surface area (Å²) in [6.07, 6.45) is 1.87. The number of benzene rings is 1. The topological polar surface area (TPSA) is 46.6 Å². The number of nitrogens with zero attached hydrogens (tertiary/aromatic N) is 1. The van der Waals surface area contributed by atoms with E-state index in [-0.39, 0.29) is 24.5 Å². The summed E-state index contributed by atoms with van der Waals surface area (Å²) in [5.41, 5.74) is 1.44. The molecule has 4 nitrogen and oxygen atoms in total. The zero-order valence-electron chi connectivity index (χ0n) is 11.7. The SMILES string of the molecule is CCOC(=O)CN(C(=O)c1cc(C)cc(Cl)c1)C1CC1. The van der Waals surface area contributed by atoms with Gasteiger partial charge >= 0.3 is 5.97 Å². The molecule has 1 aromatic carbocycles. The van der Waals surface area contributed by atoms with Crippen molar-refractivity contribution in [3.63, 3.8) is 0 Å². The van der Waals surface area contributed by atoms with Gasteiger partial charge in [0.25, 0.3) is 5.91 Å². The lowest BCUT2D eigenvalue weighted by Crippen LogP contribution is -2.38. The normalized spacial score (nSPS) is 13.9. The molecule has 0 unspecified atom stereocenters. The Morgan fingerprint density at radius 1 is 1.35 bits per heavy atom. The van der Waals surface area contributed by atoms with Gasteiger partial charge in [0.1, 0.15) is 6.54 Å². The highest BCUT2D eigenvalue weighted by atomic mass is 35.5. The average Bonchev–Trinajstić information content (AvgIpc) is 3.18. The molecule has 0 aliphatic heterocycles. The Balaban J connectivity index is 2.16. The number of carbonyl (C=O) groups excluding carboxylic acids is 2. The second-order valence-corrected chi connectivity index (χ2v) is 5.42. The Hall–Kier alpha value is -1.55. The highest BCUT2D eigenvalue weighted by Gasteiger charge is 2.34. The second-order valence-electron chi connectivity index (χ2n) is 4.99. The van der Waals surface area contributed by atoms with Crippen LogP contribution in [-0.2, 0) is 9.53 Å². The van der Waals surface area contributed by atoms with Crippen molar-refractivity contribution in [1.82, 2.24) is 4.90 Å². The first kappa shape index (κ1) is 14.9. The number of halogens is 1. The smallest absolute Gasteiger partial charge is 0.325 e. The van der Waals surface area contributed by atoms with Crippen LogP contribution in [-0.4, -0.2) is 36.0 Å². The van der Waals surface area contributed by atoms with Crippen molar-refractivity contribution in [2.24, 2.45) is 0 Å². The molecule has 0 radical (unpaired) electrons. The largest absolute Gasteiger partial charge is 0.465 e. The van der Waals surface area contributed by atoms with E-state index in [2.05, 4.69) is 0 Å². The second kappa shape index (κ2) is 6.27. The summed E-state index contributed by atoms with van der Waals surface area (Å²) >= 11 is 5.99. The van der Waals surface area contributed by atoms with Gasteiger partial charge in [-0.25, -0.2) is 0 Å². The van der Waals surface area contributed by atoms with Crippen molar-refractivity contribution >= 4 is 23.5 Å². The van der Waals surface area contributed by atoms with E-state index in [0.29, 0.717) is 17.2 Å². The maximum absolute atomic E-state index is 12.5. The molecule has 2 rings (SSSR count). The fourth-order valence-electron chi connectivity index (χ4n) is 2.12. The van der Waals surface area contributed by atoms with Crippen LogP contribution < -0.4 is 0 Å². The lowest BCUT2D eigenvalue weighted by molar-refractivity contribution is -0.144. The number of rotatable bonds is 5. The van der Waals surface area contributed by atoms with Crippen molar-refractivity contribution < 1.29 is 14.3 Å². The van der Waals surface area contributed by atoms with Crippen molar-refractivity contribution in [1.29, 1.82) is 0 Å². The standard InChI is InChI=1S/C15H18ClNO3/c1-3-20-14(18)9-17(13-4-5-13)15(19)11-6-10(2)7-12(16)8-11/h6-8,13H,3-5,9H2,1-2H3. The molecule has 1 aliphatic rings. The van der Waals surface area contributed by atoms with Gasteiger partial charge in [0, 0.05) is 16.6 Å². The average molecular weight is 296 g/mol. The molecule has 1 aliphatic carbocycles. The molecule has 108 valence electrons. The predicted octanol–water partition coefficient (Wildman–Crippen LogP) is 2.82. The molecule has 0 aromatic heterocycles. The van der Waals surface area contributed by atoms with Crippen LogP contribution in [0.5, 0.6) is 0 Å². The molecule has 5 heteroatoms. The number of carbonyl (C=O) groups is 2. The first-order valence-corrected chi connectivity index (χ1v) is 7.13. The molecular formula is C15H18ClNO3. The van der Waals surface area contributed by atoms with Gasteiger partial charge in [-0.15, -0.1) is 0 Å². The van der Waals surface area contributed by atoms with Crippen LogP contribution in [0.25, 0.3) is 0 Å². The van der Waals surface area contributed by atoms with Gasteiger partial charge in [-0.1, -0.05) is 11.6 Å². The van der Waals surface area contributed by atoms with Crippen LogP contribution in [0, 0.1) is 6.92 Å². The Kier molecular flexibility index (Phi) is 4.65. The highest BCUT2D eigenvalue weighted by Crippen LogP contribution is 2.29. The fourth-order valence-corrected chi connectivity index (χ4v) is 2.41. The lowest BCUT2D eigenvalue weighted by atomic mass is 10.1. The third-order valence-electron chi connectivity index (χ3n) is 3.14. The minimum atomic E-state index is -0.369. The van der Waals surface area contributed by atoms with E-state index in [1.807, 2.05) is 6.92 Å². The van der Waals surface area contributed by atoms with Gasteiger partial charge in [0.15, 0.2) is 0 Å². The maximum Gasteiger partial charge on any atom is 0.325 e. The zero-order chi connectivity index (χ0) is 14.7. The quantitative estimate of drug-likeness (QED) is 0.785. The predicted molar refractivity (Wildman–Crippen MR) is 76.9 cm³/mol. The molecule has 1 fully saturated rings. The van der Waals surface area contributed by atoms with Crippen LogP contribution in [0.15, 0.2) is 18.2 Å². The minimum absolute atomic E-state index is 0.00288. The molecule has 0 spiro atoms. The molecular weight excluding hydrogens is 278 g/mol. The van der Waals surface area contributed by atoms with E-state index in [9.17, 15) is 9.59 Å². The van der Waals surface area contributed by atoms with Gasteiger partial charge in [-0.05, 0) is 50.5 Å². The van der Waals surface area contributed by atoms with Gasteiger partial charge in [-0.3, -0.25) is 9.59 Å². The number of ether oxygens (including phenoxy) is 1. The molecule has 0 bridgehead atoms. The van der Waals surface area contributed by atoms with Crippen LogP contribution in [0.3, 0.4) is 0 Å². The summed E-state index contributed by atoms with van der Waals surface area (Å²) < 4.78 is 4.92. The Morgan fingerprint density at radius 2 is 2.05 bits per heavy atom. The Bertz CT molecular complexity index is 506. The van der Waals surface area contributed by atoms with Gasteiger partial charge in [0.2, 0.25) is 0 Å². The van der Waals surface area contributed by atoms with E-state index >= 15 is 0 Å². The Morgan fingerprint density at radius 3 is 2.60 bits per heavy atom. The van der Waals surface area contributed by atoms with Crippen LogP contribution in [0.1, 0.15) is 35.7 Å². The fraction of sp³-hybridized carbons (Fsp3) is 0.467. The van der Waals surface area contributed by atoms with Crippen molar-refractivity contribution in [3.05, 3.63) is 34.3 Å². The molecule has 0 saturated heterocycles. The summed E-state index contributed by atoms with van der Waals surface area (Å²) in [6.45, 7) is 3.96. The van der Waals surface area contributed by atoms with Crippen molar-refractivity contribution in [2.45, 2.75) is 32.7 Å². The van der Waals surface area contributed by atoms with Crippen molar-refractivity contribution in [2.75, 3.05) is 13.2 Å². The number of hydrogen-bond acceptors (Lipinski definition) is 3. The van der Waals surface area contributed by atoms with Crippen LogP contribution >= 0.6 is 11.6 Å². The summed E-state index contributed by atoms with van der Waals surface area (Å²) in [4.78, 5) is 25.7. The summed E-state index contributed by atoms with van der Waals surface area (Å²) in [6, 6.07) is 5.36. The number of aryl methyl sites for hydroxylation is 1. The van der Waals surface area contributed by atoms with E-state index in [1.165, 1.54) is 0 Å². The van der Waals surface area contributed by atoms with Gasteiger partial charge in [0.05, 0.1) is 6.61 Å². The lowest BCUT2D eigenvalue weighted by Gasteiger charge is -2.21. The molecule has 1 saturated carbocycles. The third-order valence-corrected chi connectivity index (χ3v) is 3.36. The van der Waals surface area contributed by atoms with E-state index < -0.39 is 0 Å². The van der Waals surface area contributed by atoms with E-state index in [1.54, 1.807) is 30.0 Å². The molecule has 20 heavy (non-hydrogen) atoms. The maximum atomic E-state index is 12.5. The van der Waals surface area contributed by atoms with Gasteiger partial charge < -0.3 is 9.64 Å². The highest BCUT2D eigenvalue weighted by molar-refractivity contribution is 6.31. The van der Waals surface area contributed by atoms with Crippen molar-refractivity contribution in [3.8, 4) is 0 Å². The zero-order valence-corrected chi connectivity index (χ0v) is 12.4. The van der Waals surface area contributed by atoms with E-state index in [4.69, 9.17) is 16.3 Å². The number of esters is 1. The van der Waals surface area contributed by atoms with Crippen LogP contribution in [0.2, 0.25) is 5.02 Å². The first-order valence-electron chi connectivity index (χ1n) is 6.75. The molecule has 0 heterocycles. The van der Waals surface area contributed by atoms with Crippen LogP contribution in [0.4, 0.5) is 0 Å². The molecule has 0 N–H and O–H groups in total. The summed E-state index contributed by atoms with van der Waals surface area (Å²) in [5, 5.41) is 0.528. The van der Waals surface area contributed by atoms with Gasteiger partial charge in [-0.2, -0.15) is 0 Å². The number of amides is 1. The molecule has 1 amide bonds. The Labute approximate surface area is 123 Å². The molecule has 1 aromatic rings. The summed E-state index contributed by atoms with van der Waals surface area (Å²) in [5.74, 6) is -0.530. The third kappa shape index (κ3) is 3.73. The summed E-state index contributed by atoms with van der Waals surface area (Å²) in [7, 11) is 0. The molecule has 0 atom stereocenters. The minimum Gasteiger partial charge on any atom is -0.465 e. The monoisotopic (exact) mass is 295 g/mol. The first-order chi connectivity index (χ1) is 9.51.